The normalized spacial score (nSPS) is 11.2. The number of halogens is 4. The van der Waals surface area contributed by atoms with Crippen LogP contribution in [-0.2, 0) is 16.0 Å². The monoisotopic (exact) mass is 382 g/mol. The molecule has 0 aliphatic carbocycles. The van der Waals surface area contributed by atoms with Crippen LogP contribution in [0.25, 0.3) is 0 Å². The number of nitrogens with one attached hydrogen (secondary N) is 2. The summed E-state index contributed by atoms with van der Waals surface area (Å²) >= 11 is 0. The summed E-state index contributed by atoms with van der Waals surface area (Å²) in [5.41, 5.74) is -1.37. The fraction of sp³-hybridized carbons (Fsp3) is 0.263. The van der Waals surface area contributed by atoms with Gasteiger partial charge in [0.1, 0.15) is 11.2 Å². The maximum atomic E-state index is 13.7. The summed E-state index contributed by atoms with van der Waals surface area (Å²) in [5.74, 6) is -6.53. The van der Waals surface area contributed by atoms with Gasteiger partial charge in [-0.05, 0) is 50.1 Å². The summed E-state index contributed by atoms with van der Waals surface area (Å²) in [6, 6.07) is 7.28. The smallest absolute Gasteiger partial charge is 0.239 e. The molecule has 0 radical (unpaired) electrons. The molecule has 2 N–H and O–H groups in total. The van der Waals surface area contributed by atoms with Gasteiger partial charge < -0.3 is 10.6 Å². The molecule has 27 heavy (non-hydrogen) atoms. The van der Waals surface area contributed by atoms with Crippen LogP contribution < -0.4 is 10.6 Å². The molecule has 144 valence electrons. The van der Waals surface area contributed by atoms with Crippen LogP contribution in [0.3, 0.4) is 0 Å². The summed E-state index contributed by atoms with van der Waals surface area (Å²) in [4.78, 5) is 24.6. The van der Waals surface area contributed by atoms with Crippen LogP contribution in [0.5, 0.6) is 0 Å². The summed E-state index contributed by atoms with van der Waals surface area (Å²) in [6.07, 6.45) is 0.418. The van der Waals surface area contributed by atoms with Crippen molar-refractivity contribution in [3.63, 3.8) is 0 Å². The second-order valence-electron chi connectivity index (χ2n) is 6.43. The Kier molecular flexibility index (Phi) is 6.20. The largest absolute Gasteiger partial charge is 0.355 e. The zero-order chi connectivity index (χ0) is 20.2. The lowest BCUT2D eigenvalue weighted by Gasteiger charge is -2.23. The molecule has 2 aromatic rings. The highest BCUT2D eigenvalue weighted by Gasteiger charge is 2.36. The molecule has 0 heterocycles. The molecule has 0 aliphatic heterocycles. The van der Waals surface area contributed by atoms with Gasteiger partial charge in [0.05, 0.1) is 5.69 Å². The van der Waals surface area contributed by atoms with E-state index in [-0.39, 0.29) is 12.4 Å². The van der Waals surface area contributed by atoms with E-state index in [0.717, 1.165) is 11.6 Å². The Balaban J connectivity index is 1.97. The lowest BCUT2D eigenvalue weighted by atomic mass is 9.90. The molecule has 2 rings (SSSR count). The summed E-state index contributed by atoms with van der Waals surface area (Å²) < 4.78 is 52.7. The second kappa shape index (κ2) is 8.20. The van der Waals surface area contributed by atoms with Crippen LogP contribution in [0.15, 0.2) is 36.4 Å². The van der Waals surface area contributed by atoms with Crippen molar-refractivity contribution in [2.45, 2.75) is 20.3 Å². The molecule has 0 aromatic heterocycles. The topological polar surface area (TPSA) is 58.2 Å². The van der Waals surface area contributed by atoms with Crippen molar-refractivity contribution < 1.29 is 27.2 Å². The van der Waals surface area contributed by atoms with Gasteiger partial charge in [-0.3, -0.25) is 9.59 Å². The average Bonchev–Trinajstić information content (AvgIpc) is 2.63. The van der Waals surface area contributed by atoms with Crippen molar-refractivity contribution in [2.24, 2.45) is 5.41 Å². The van der Waals surface area contributed by atoms with E-state index in [0.29, 0.717) is 12.5 Å². The highest BCUT2D eigenvalue weighted by molar-refractivity contribution is 6.09. The van der Waals surface area contributed by atoms with E-state index in [2.05, 4.69) is 10.6 Å². The fourth-order valence-corrected chi connectivity index (χ4v) is 2.20. The zero-order valence-electron chi connectivity index (χ0n) is 14.7. The molecule has 0 saturated carbocycles. The predicted octanol–water partition coefficient (Wildman–Crippen LogP) is 3.57. The minimum absolute atomic E-state index is 0.195. The first kappa shape index (κ1) is 20.4. The first-order valence-corrected chi connectivity index (χ1v) is 8.10. The van der Waals surface area contributed by atoms with Crippen LogP contribution in [-0.4, -0.2) is 18.4 Å². The van der Waals surface area contributed by atoms with Gasteiger partial charge in [-0.2, -0.15) is 0 Å². The van der Waals surface area contributed by atoms with Crippen LogP contribution in [0.1, 0.15) is 19.4 Å². The van der Waals surface area contributed by atoms with Crippen LogP contribution in [0.2, 0.25) is 0 Å². The van der Waals surface area contributed by atoms with E-state index in [1.165, 1.54) is 26.0 Å². The molecular weight excluding hydrogens is 364 g/mol. The van der Waals surface area contributed by atoms with Crippen LogP contribution in [0.4, 0.5) is 23.2 Å². The molecule has 0 bridgehead atoms. The second-order valence-corrected chi connectivity index (χ2v) is 6.43. The van der Waals surface area contributed by atoms with Crippen LogP contribution in [0, 0.1) is 28.7 Å². The van der Waals surface area contributed by atoms with E-state index < -0.39 is 40.4 Å². The molecule has 2 amide bonds. The van der Waals surface area contributed by atoms with Crippen molar-refractivity contribution >= 4 is 17.5 Å². The van der Waals surface area contributed by atoms with Gasteiger partial charge in [0.15, 0.2) is 17.5 Å². The average molecular weight is 382 g/mol. The van der Waals surface area contributed by atoms with Gasteiger partial charge in [0.25, 0.3) is 0 Å². The number of hydrogen-bond donors (Lipinski definition) is 2. The van der Waals surface area contributed by atoms with E-state index >= 15 is 0 Å². The minimum atomic E-state index is -1.71. The summed E-state index contributed by atoms with van der Waals surface area (Å²) in [6.45, 7) is 2.82. The van der Waals surface area contributed by atoms with Crippen molar-refractivity contribution in [3.8, 4) is 0 Å². The number of carbonyl (C=O) groups excluding carboxylic acids is 2. The molecule has 0 fully saturated rings. The van der Waals surface area contributed by atoms with E-state index in [9.17, 15) is 27.2 Å². The third-order valence-electron chi connectivity index (χ3n) is 4.03. The molecule has 0 atom stereocenters. The Morgan fingerprint density at radius 2 is 1.52 bits per heavy atom. The SMILES string of the molecule is CC(C)(C(=O)NCCc1ccc(F)cc1)C(=O)Nc1ccc(F)c(F)c1F. The standard InChI is InChI=1S/C19H18F4N2O2/c1-19(2,17(26)24-10-9-11-3-5-12(20)6-4-11)18(27)25-14-8-7-13(21)15(22)16(14)23/h3-8H,9-10H2,1-2H3,(H,24,26)(H,25,27). The number of benzene rings is 2. The Bertz CT molecular complexity index is 852. The van der Waals surface area contributed by atoms with Gasteiger partial charge in [0, 0.05) is 6.54 Å². The van der Waals surface area contributed by atoms with E-state index in [1.807, 2.05) is 0 Å². The van der Waals surface area contributed by atoms with Crippen molar-refractivity contribution in [2.75, 3.05) is 11.9 Å². The number of hydrogen-bond acceptors (Lipinski definition) is 2. The molecule has 0 spiro atoms. The van der Waals surface area contributed by atoms with Gasteiger partial charge in [-0.1, -0.05) is 12.1 Å². The molecule has 8 heteroatoms. The third-order valence-corrected chi connectivity index (χ3v) is 4.03. The summed E-state index contributed by atoms with van der Waals surface area (Å²) in [7, 11) is 0. The Morgan fingerprint density at radius 1 is 0.889 bits per heavy atom. The lowest BCUT2D eigenvalue weighted by molar-refractivity contribution is -0.138. The Morgan fingerprint density at radius 3 is 2.15 bits per heavy atom. The number of carbonyl (C=O) groups is 2. The first-order valence-electron chi connectivity index (χ1n) is 8.10. The zero-order valence-corrected chi connectivity index (χ0v) is 14.7. The van der Waals surface area contributed by atoms with Crippen LogP contribution >= 0.6 is 0 Å². The molecule has 0 aliphatic rings. The van der Waals surface area contributed by atoms with E-state index in [4.69, 9.17) is 0 Å². The van der Waals surface area contributed by atoms with Gasteiger partial charge in [-0.15, -0.1) is 0 Å². The number of anilines is 1. The Labute approximate surface area is 153 Å². The molecule has 2 aromatic carbocycles. The number of amides is 2. The molecular formula is C19H18F4N2O2. The predicted molar refractivity (Wildman–Crippen MR) is 91.8 cm³/mol. The number of rotatable bonds is 6. The fourth-order valence-electron chi connectivity index (χ4n) is 2.20. The summed E-state index contributed by atoms with van der Waals surface area (Å²) in [5, 5.41) is 4.66. The van der Waals surface area contributed by atoms with E-state index in [1.54, 1.807) is 12.1 Å². The highest BCUT2D eigenvalue weighted by Crippen LogP contribution is 2.23. The van der Waals surface area contributed by atoms with Crippen molar-refractivity contribution in [3.05, 3.63) is 65.2 Å². The minimum Gasteiger partial charge on any atom is -0.355 e. The molecule has 4 nitrogen and oxygen atoms in total. The first-order chi connectivity index (χ1) is 12.6. The molecule has 0 unspecified atom stereocenters. The van der Waals surface area contributed by atoms with Gasteiger partial charge >= 0.3 is 0 Å². The third kappa shape index (κ3) is 4.84. The quantitative estimate of drug-likeness (QED) is 0.456. The van der Waals surface area contributed by atoms with Crippen molar-refractivity contribution in [1.82, 2.24) is 5.32 Å². The van der Waals surface area contributed by atoms with Gasteiger partial charge in [-0.25, -0.2) is 17.6 Å². The van der Waals surface area contributed by atoms with Crippen molar-refractivity contribution in [1.29, 1.82) is 0 Å². The lowest BCUT2D eigenvalue weighted by Crippen LogP contribution is -2.45. The maximum absolute atomic E-state index is 13.7. The highest BCUT2D eigenvalue weighted by atomic mass is 19.2. The molecule has 0 saturated heterocycles. The Hall–Kier alpha value is -2.90. The maximum Gasteiger partial charge on any atom is 0.239 e. The van der Waals surface area contributed by atoms with Gasteiger partial charge in [0.2, 0.25) is 11.8 Å².